The molecule has 0 unspecified atom stereocenters. The van der Waals surface area contributed by atoms with Crippen molar-refractivity contribution in [3.05, 3.63) is 59.7 Å². The predicted octanol–water partition coefficient (Wildman–Crippen LogP) is 4.09. The quantitative estimate of drug-likeness (QED) is 0.796. The van der Waals surface area contributed by atoms with Crippen LogP contribution in [0.5, 0.6) is 0 Å². The first-order valence-corrected chi connectivity index (χ1v) is 5.62. The Morgan fingerprint density at radius 1 is 0.889 bits per heavy atom. The monoisotopic (exact) mass is 243 g/mol. The summed E-state index contributed by atoms with van der Waals surface area (Å²) in [5.41, 5.74) is 2.53. The molecule has 0 heterocycles. The molecule has 0 atom stereocenters. The van der Waals surface area contributed by atoms with E-state index in [1.54, 1.807) is 6.07 Å². The van der Waals surface area contributed by atoms with Crippen LogP contribution in [0.3, 0.4) is 0 Å². The molecular weight excluding hydrogens is 232 g/mol. The Bertz CT molecular complexity index is 582. The van der Waals surface area contributed by atoms with Gasteiger partial charge in [0, 0.05) is 6.42 Å². The number of hydrogen-bond acceptors (Lipinski definition) is 1. The van der Waals surface area contributed by atoms with Crippen molar-refractivity contribution in [3.63, 3.8) is 0 Å². The van der Waals surface area contributed by atoms with Gasteiger partial charge in [-0.2, -0.15) is 5.26 Å². The molecule has 0 amide bonds. The minimum atomic E-state index is -0.846. The Balaban J connectivity index is 2.23. The molecule has 18 heavy (non-hydrogen) atoms. The highest BCUT2D eigenvalue weighted by molar-refractivity contribution is 5.63. The second-order valence-corrected chi connectivity index (χ2v) is 3.98. The highest BCUT2D eigenvalue weighted by atomic mass is 19.2. The van der Waals surface area contributed by atoms with Crippen LogP contribution in [0.4, 0.5) is 8.78 Å². The second kappa shape index (κ2) is 5.42. The summed E-state index contributed by atoms with van der Waals surface area (Å²) in [4.78, 5) is 0. The van der Waals surface area contributed by atoms with E-state index in [1.165, 1.54) is 6.07 Å². The molecule has 3 heteroatoms. The summed E-state index contributed by atoms with van der Waals surface area (Å²) in [5, 5.41) is 8.49. The first kappa shape index (κ1) is 12.3. The molecule has 0 saturated heterocycles. The largest absolute Gasteiger partial charge is 0.204 e. The van der Waals surface area contributed by atoms with Crippen LogP contribution in [-0.2, 0) is 6.42 Å². The van der Waals surface area contributed by atoms with Crippen LogP contribution in [0.25, 0.3) is 11.1 Å². The molecule has 0 aliphatic rings. The van der Waals surface area contributed by atoms with Crippen molar-refractivity contribution in [1.82, 2.24) is 0 Å². The zero-order chi connectivity index (χ0) is 13.0. The fourth-order valence-corrected chi connectivity index (χ4v) is 1.74. The summed E-state index contributed by atoms with van der Waals surface area (Å²) in [6.07, 6.45) is 1.18. The first-order chi connectivity index (χ1) is 8.70. The van der Waals surface area contributed by atoms with Gasteiger partial charge in [-0.15, -0.1) is 0 Å². The van der Waals surface area contributed by atoms with E-state index in [1.807, 2.05) is 24.3 Å². The fraction of sp³-hybridized carbons (Fsp3) is 0.133. The van der Waals surface area contributed by atoms with Gasteiger partial charge < -0.3 is 0 Å². The van der Waals surface area contributed by atoms with Gasteiger partial charge in [0.2, 0.25) is 0 Å². The number of aryl methyl sites for hydroxylation is 1. The average molecular weight is 243 g/mol. The first-order valence-electron chi connectivity index (χ1n) is 5.62. The highest BCUT2D eigenvalue weighted by Crippen LogP contribution is 2.22. The van der Waals surface area contributed by atoms with Gasteiger partial charge in [0.1, 0.15) is 0 Å². The maximum atomic E-state index is 13.1. The lowest BCUT2D eigenvalue weighted by Gasteiger charge is -2.04. The van der Waals surface area contributed by atoms with Crippen molar-refractivity contribution >= 4 is 0 Å². The third kappa shape index (κ3) is 2.72. The van der Waals surface area contributed by atoms with Gasteiger partial charge in [-0.3, -0.25) is 0 Å². The van der Waals surface area contributed by atoms with Gasteiger partial charge in [-0.05, 0) is 35.2 Å². The number of hydrogen-bond donors (Lipinski definition) is 0. The number of benzene rings is 2. The smallest absolute Gasteiger partial charge is 0.159 e. The lowest BCUT2D eigenvalue weighted by molar-refractivity contribution is 0.509. The Kier molecular flexibility index (Phi) is 3.69. The summed E-state index contributed by atoms with van der Waals surface area (Å²) >= 11 is 0. The molecule has 2 aromatic rings. The van der Waals surface area contributed by atoms with Crippen LogP contribution in [0.15, 0.2) is 42.5 Å². The van der Waals surface area contributed by atoms with E-state index in [2.05, 4.69) is 6.07 Å². The van der Waals surface area contributed by atoms with Crippen LogP contribution >= 0.6 is 0 Å². The van der Waals surface area contributed by atoms with Crippen LogP contribution in [0, 0.1) is 23.0 Å². The van der Waals surface area contributed by atoms with Gasteiger partial charge in [0.25, 0.3) is 0 Å². The number of nitrogens with zero attached hydrogens (tertiary/aromatic N) is 1. The lowest BCUT2D eigenvalue weighted by atomic mass is 10.0. The number of halogens is 2. The minimum Gasteiger partial charge on any atom is -0.204 e. The Hall–Kier alpha value is -2.21. The second-order valence-electron chi connectivity index (χ2n) is 3.98. The molecule has 0 N–H and O–H groups in total. The van der Waals surface area contributed by atoms with Crippen LogP contribution in [0.1, 0.15) is 12.0 Å². The standard InChI is InChI=1S/C15H11F2N/c16-14-8-7-13(10-15(14)17)12-5-3-11(4-6-12)2-1-9-18/h3-8,10H,1-2H2. The molecule has 0 aliphatic heterocycles. The number of nitriles is 1. The molecule has 1 nitrogen and oxygen atoms in total. The highest BCUT2D eigenvalue weighted by Gasteiger charge is 2.04. The topological polar surface area (TPSA) is 23.8 Å². The third-order valence-corrected chi connectivity index (χ3v) is 2.73. The van der Waals surface area contributed by atoms with E-state index < -0.39 is 11.6 Å². The van der Waals surface area contributed by atoms with Gasteiger partial charge >= 0.3 is 0 Å². The van der Waals surface area contributed by atoms with Crippen LogP contribution < -0.4 is 0 Å². The Morgan fingerprint density at radius 2 is 1.56 bits per heavy atom. The zero-order valence-electron chi connectivity index (χ0n) is 9.66. The molecule has 0 spiro atoms. The summed E-state index contributed by atoms with van der Waals surface area (Å²) in [5.74, 6) is -1.69. The molecule has 0 fully saturated rings. The Labute approximate surface area is 104 Å². The molecular formula is C15H11F2N. The van der Waals surface area contributed by atoms with E-state index >= 15 is 0 Å². The van der Waals surface area contributed by atoms with E-state index in [0.29, 0.717) is 18.4 Å². The van der Waals surface area contributed by atoms with Crippen molar-refractivity contribution in [2.24, 2.45) is 0 Å². The molecule has 90 valence electrons. The summed E-state index contributed by atoms with van der Waals surface area (Å²) in [6, 6.07) is 13.4. The van der Waals surface area contributed by atoms with Gasteiger partial charge in [0.15, 0.2) is 11.6 Å². The summed E-state index contributed by atoms with van der Waals surface area (Å²) in [7, 11) is 0. The zero-order valence-corrected chi connectivity index (χ0v) is 9.66. The van der Waals surface area contributed by atoms with Gasteiger partial charge in [-0.25, -0.2) is 8.78 Å². The van der Waals surface area contributed by atoms with Crippen molar-refractivity contribution < 1.29 is 8.78 Å². The van der Waals surface area contributed by atoms with Crippen molar-refractivity contribution in [3.8, 4) is 17.2 Å². The average Bonchev–Trinajstić information content (AvgIpc) is 2.40. The van der Waals surface area contributed by atoms with Gasteiger partial charge in [-0.1, -0.05) is 30.3 Å². The maximum Gasteiger partial charge on any atom is 0.159 e. The van der Waals surface area contributed by atoms with E-state index in [-0.39, 0.29) is 0 Å². The normalized spacial score (nSPS) is 10.1. The van der Waals surface area contributed by atoms with Crippen molar-refractivity contribution in [2.75, 3.05) is 0 Å². The number of rotatable bonds is 3. The minimum absolute atomic E-state index is 0.477. The van der Waals surface area contributed by atoms with E-state index in [0.717, 1.165) is 17.2 Å². The molecule has 0 radical (unpaired) electrons. The molecule has 0 bridgehead atoms. The molecule has 0 aromatic heterocycles. The SMILES string of the molecule is N#CCCc1ccc(-c2ccc(F)c(F)c2)cc1. The molecule has 0 aliphatic carbocycles. The summed E-state index contributed by atoms with van der Waals surface area (Å²) in [6.45, 7) is 0. The maximum absolute atomic E-state index is 13.1. The van der Waals surface area contributed by atoms with Gasteiger partial charge in [0.05, 0.1) is 6.07 Å². The van der Waals surface area contributed by atoms with Crippen molar-refractivity contribution in [2.45, 2.75) is 12.8 Å². The van der Waals surface area contributed by atoms with Crippen molar-refractivity contribution in [1.29, 1.82) is 5.26 Å². The predicted molar refractivity (Wildman–Crippen MR) is 65.7 cm³/mol. The molecule has 2 aromatic carbocycles. The van der Waals surface area contributed by atoms with E-state index in [9.17, 15) is 8.78 Å². The molecule has 0 saturated carbocycles. The van der Waals surface area contributed by atoms with Crippen LogP contribution in [-0.4, -0.2) is 0 Å². The van der Waals surface area contributed by atoms with E-state index in [4.69, 9.17) is 5.26 Å². The van der Waals surface area contributed by atoms with Crippen LogP contribution in [0.2, 0.25) is 0 Å². The Morgan fingerprint density at radius 3 is 2.17 bits per heavy atom. The third-order valence-electron chi connectivity index (χ3n) is 2.73. The lowest BCUT2D eigenvalue weighted by Crippen LogP contribution is -1.87. The fourth-order valence-electron chi connectivity index (χ4n) is 1.74. The molecule has 2 rings (SSSR count). The summed E-state index contributed by atoms with van der Waals surface area (Å²) < 4.78 is 25.9.